The molecule has 0 fully saturated rings. The molecular formula is C24H31N5O2. The number of hydrogen-bond donors (Lipinski definition) is 3. The maximum atomic E-state index is 10.6. The molecule has 3 N–H and O–H groups in total. The summed E-state index contributed by atoms with van der Waals surface area (Å²) in [6, 6.07) is 17.5. The zero-order valence-corrected chi connectivity index (χ0v) is 18.3. The van der Waals surface area contributed by atoms with Crippen LogP contribution in [0.25, 0.3) is 5.69 Å². The van der Waals surface area contributed by atoms with Crippen LogP contribution in [-0.4, -0.2) is 40.0 Å². The van der Waals surface area contributed by atoms with E-state index in [1.54, 1.807) is 0 Å². The molecule has 3 rings (SSSR count). The number of aliphatic hydroxyl groups is 1. The highest BCUT2D eigenvalue weighted by molar-refractivity contribution is 5.79. The van der Waals surface area contributed by atoms with Crippen molar-refractivity contribution in [1.29, 1.82) is 0 Å². The lowest BCUT2D eigenvalue weighted by Crippen LogP contribution is -2.39. The summed E-state index contributed by atoms with van der Waals surface area (Å²) in [6.07, 6.45) is 3.19. The SMILES string of the molecule is CCNC(=NCc1cnn(-c2ccccc2)c1)NCC(O)c1cccc(OC(C)C)c1. The molecule has 0 spiro atoms. The topological polar surface area (TPSA) is 83.7 Å². The number of aliphatic hydroxyl groups excluding tert-OH is 1. The number of rotatable bonds is 9. The Kier molecular flexibility index (Phi) is 8.06. The van der Waals surface area contributed by atoms with Crippen molar-refractivity contribution >= 4 is 5.96 Å². The van der Waals surface area contributed by atoms with Crippen LogP contribution in [-0.2, 0) is 6.54 Å². The lowest BCUT2D eigenvalue weighted by Gasteiger charge is -2.17. The zero-order valence-electron chi connectivity index (χ0n) is 18.3. The first-order chi connectivity index (χ1) is 15.0. The molecule has 7 heteroatoms. The minimum atomic E-state index is -0.680. The van der Waals surface area contributed by atoms with E-state index in [9.17, 15) is 5.11 Å². The molecule has 0 amide bonds. The average molecular weight is 422 g/mol. The van der Waals surface area contributed by atoms with Gasteiger partial charge in [0.2, 0.25) is 0 Å². The van der Waals surface area contributed by atoms with Crippen LogP contribution in [0.3, 0.4) is 0 Å². The second kappa shape index (κ2) is 11.2. The highest BCUT2D eigenvalue weighted by Crippen LogP contribution is 2.20. The minimum Gasteiger partial charge on any atom is -0.491 e. The Morgan fingerprint density at radius 1 is 1.13 bits per heavy atom. The molecule has 0 aliphatic heterocycles. The van der Waals surface area contributed by atoms with Crippen LogP contribution in [0.4, 0.5) is 0 Å². The van der Waals surface area contributed by atoms with Gasteiger partial charge in [0, 0.05) is 24.8 Å². The molecule has 1 unspecified atom stereocenters. The van der Waals surface area contributed by atoms with Crippen molar-refractivity contribution in [3.05, 3.63) is 78.1 Å². The van der Waals surface area contributed by atoms with E-state index in [0.717, 1.165) is 29.1 Å². The van der Waals surface area contributed by atoms with Gasteiger partial charge in [0.15, 0.2) is 5.96 Å². The summed E-state index contributed by atoms with van der Waals surface area (Å²) in [5, 5.41) is 21.4. The normalized spacial score (nSPS) is 12.6. The molecule has 7 nitrogen and oxygen atoms in total. The summed E-state index contributed by atoms with van der Waals surface area (Å²) in [5.74, 6) is 1.39. The average Bonchev–Trinajstić information content (AvgIpc) is 3.25. The van der Waals surface area contributed by atoms with Crippen LogP contribution in [0.1, 0.15) is 38.0 Å². The second-order valence-corrected chi connectivity index (χ2v) is 7.46. The number of ether oxygens (including phenoxy) is 1. The van der Waals surface area contributed by atoms with Crippen LogP contribution in [0.15, 0.2) is 72.0 Å². The Labute approximate surface area is 183 Å². The third-order valence-corrected chi connectivity index (χ3v) is 4.50. The van der Waals surface area contributed by atoms with E-state index in [1.165, 1.54) is 0 Å². The number of para-hydroxylation sites is 1. The van der Waals surface area contributed by atoms with E-state index in [-0.39, 0.29) is 6.10 Å². The van der Waals surface area contributed by atoms with Crippen molar-refractivity contribution in [2.75, 3.05) is 13.1 Å². The third kappa shape index (κ3) is 6.86. The van der Waals surface area contributed by atoms with Gasteiger partial charge in [0.05, 0.1) is 30.6 Å². The molecule has 0 radical (unpaired) electrons. The number of nitrogens with zero attached hydrogens (tertiary/aromatic N) is 3. The Hall–Kier alpha value is -3.32. The van der Waals surface area contributed by atoms with E-state index in [2.05, 4.69) is 20.7 Å². The Morgan fingerprint density at radius 3 is 2.68 bits per heavy atom. The van der Waals surface area contributed by atoms with Crippen LogP contribution in [0.5, 0.6) is 5.75 Å². The summed E-state index contributed by atoms with van der Waals surface area (Å²) in [7, 11) is 0. The van der Waals surface area contributed by atoms with Gasteiger partial charge in [0.25, 0.3) is 0 Å². The maximum absolute atomic E-state index is 10.6. The second-order valence-electron chi connectivity index (χ2n) is 7.46. The molecule has 164 valence electrons. The van der Waals surface area contributed by atoms with Crippen LogP contribution >= 0.6 is 0 Å². The van der Waals surface area contributed by atoms with Gasteiger partial charge in [-0.1, -0.05) is 30.3 Å². The van der Waals surface area contributed by atoms with Crippen molar-refractivity contribution in [2.45, 2.75) is 39.5 Å². The van der Waals surface area contributed by atoms with E-state index >= 15 is 0 Å². The van der Waals surface area contributed by atoms with Crippen molar-refractivity contribution in [3.8, 4) is 11.4 Å². The van der Waals surface area contributed by atoms with E-state index < -0.39 is 6.10 Å². The number of hydrogen-bond acceptors (Lipinski definition) is 4. The monoisotopic (exact) mass is 421 g/mol. The van der Waals surface area contributed by atoms with E-state index in [4.69, 9.17) is 4.74 Å². The van der Waals surface area contributed by atoms with Gasteiger partial charge in [-0.15, -0.1) is 0 Å². The summed E-state index contributed by atoms with van der Waals surface area (Å²) in [5.41, 5.74) is 2.81. The van der Waals surface area contributed by atoms with Crippen LogP contribution in [0.2, 0.25) is 0 Å². The van der Waals surface area contributed by atoms with Crippen molar-refractivity contribution in [2.24, 2.45) is 4.99 Å². The van der Waals surface area contributed by atoms with Gasteiger partial charge < -0.3 is 20.5 Å². The molecule has 31 heavy (non-hydrogen) atoms. The lowest BCUT2D eigenvalue weighted by atomic mass is 10.1. The fraction of sp³-hybridized carbons (Fsp3) is 0.333. The van der Waals surface area contributed by atoms with Crippen molar-refractivity contribution in [1.82, 2.24) is 20.4 Å². The molecule has 0 bridgehead atoms. The summed E-state index contributed by atoms with van der Waals surface area (Å²) >= 11 is 0. The van der Waals surface area contributed by atoms with Gasteiger partial charge in [0.1, 0.15) is 5.75 Å². The molecule has 0 aliphatic carbocycles. The fourth-order valence-electron chi connectivity index (χ4n) is 3.05. The van der Waals surface area contributed by atoms with Crippen molar-refractivity contribution in [3.63, 3.8) is 0 Å². The number of aromatic nitrogens is 2. The number of aliphatic imine (C=N–C) groups is 1. The predicted octanol–water partition coefficient (Wildman–Crippen LogP) is 3.45. The quantitative estimate of drug-likeness (QED) is 0.364. The highest BCUT2D eigenvalue weighted by Gasteiger charge is 2.10. The van der Waals surface area contributed by atoms with Gasteiger partial charge in [-0.05, 0) is 50.6 Å². The first-order valence-electron chi connectivity index (χ1n) is 10.6. The molecule has 1 aromatic heterocycles. The zero-order chi connectivity index (χ0) is 22.1. The number of benzene rings is 2. The summed E-state index contributed by atoms with van der Waals surface area (Å²) in [4.78, 5) is 4.62. The maximum Gasteiger partial charge on any atom is 0.191 e. The van der Waals surface area contributed by atoms with Crippen LogP contribution in [0, 0.1) is 0 Å². The Morgan fingerprint density at radius 2 is 1.94 bits per heavy atom. The minimum absolute atomic E-state index is 0.0873. The molecule has 0 saturated carbocycles. The number of nitrogens with one attached hydrogen (secondary N) is 2. The van der Waals surface area contributed by atoms with Crippen LogP contribution < -0.4 is 15.4 Å². The molecular weight excluding hydrogens is 390 g/mol. The van der Waals surface area contributed by atoms with Crippen molar-refractivity contribution < 1.29 is 9.84 Å². The first-order valence-corrected chi connectivity index (χ1v) is 10.6. The molecule has 1 heterocycles. The fourth-order valence-corrected chi connectivity index (χ4v) is 3.05. The molecule has 0 aliphatic rings. The third-order valence-electron chi connectivity index (χ3n) is 4.50. The Balaban J connectivity index is 1.59. The highest BCUT2D eigenvalue weighted by atomic mass is 16.5. The van der Waals surface area contributed by atoms with Gasteiger partial charge in [-0.2, -0.15) is 5.10 Å². The standard InChI is InChI=1S/C24H31N5O2/c1-4-25-24(26-14-19-15-28-29(17-19)21-10-6-5-7-11-21)27-16-23(30)20-9-8-12-22(13-20)31-18(2)3/h5-13,15,17-18,23,30H,4,14,16H2,1-3H3,(H2,25,26,27). The van der Waals surface area contributed by atoms with E-state index in [1.807, 2.05) is 92.4 Å². The Bertz CT molecular complexity index is 969. The summed E-state index contributed by atoms with van der Waals surface area (Å²) in [6.45, 7) is 7.51. The molecule has 0 saturated heterocycles. The smallest absolute Gasteiger partial charge is 0.191 e. The molecule has 2 aromatic carbocycles. The molecule has 1 atom stereocenters. The first kappa shape index (κ1) is 22.4. The molecule has 3 aromatic rings. The summed E-state index contributed by atoms with van der Waals surface area (Å²) < 4.78 is 7.55. The van der Waals surface area contributed by atoms with Gasteiger partial charge in [-0.25, -0.2) is 9.67 Å². The lowest BCUT2D eigenvalue weighted by molar-refractivity contribution is 0.179. The van der Waals surface area contributed by atoms with E-state index in [0.29, 0.717) is 19.0 Å². The van der Waals surface area contributed by atoms with Gasteiger partial charge in [-0.3, -0.25) is 0 Å². The largest absolute Gasteiger partial charge is 0.491 e. The van der Waals surface area contributed by atoms with Gasteiger partial charge >= 0.3 is 0 Å². The number of guanidine groups is 1. The predicted molar refractivity (Wildman–Crippen MR) is 124 cm³/mol.